The number of rotatable bonds is 9. The molecule has 2 fully saturated rings. The van der Waals surface area contributed by atoms with E-state index in [9.17, 15) is 13.2 Å². The van der Waals surface area contributed by atoms with Crippen LogP contribution in [0.5, 0.6) is 0 Å². The van der Waals surface area contributed by atoms with Gasteiger partial charge in [0.05, 0.1) is 5.75 Å². The normalized spacial score (nSPS) is 18.6. The molecule has 0 unspecified atom stereocenters. The maximum atomic E-state index is 12.7. The summed E-state index contributed by atoms with van der Waals surface area (Å²) in [5, 5.41) is 3.06. The number of piperazine rings is 1. The quantitative estimate of drug-likeness (QED) is 0.557. The summed E-state index contributed by atoms with van der Waals surface area (Å²) >= 11 is 0. The third-order valence-electron chi connectivity index (χ3n) is 7.26. The van der Waals surface area contributed by atoms with Crippen molar-refractivity contribution in [3.8, 4) is 0 Å². The van der Waals surface area contributed by atoms with E-state index in [1.165, 1.54) is 44.3 Å². The average Bonchev–Trinajstić information content (AvgIpc) is 3.17. The lowest BCUT2D eigenvalue weighted by molar-refractivity contribution is 0.0951. The molecule has 2 aromatic carbocycles. The number of benzene rings is 2. The molecule has 0 aromatic heterocycles. The van der Waals surface area contributed by atoms with Crippen molar-refractivity contribution in [3.63, 3.8) is 0 Å². The maximum Gasteiger partial charge on any atom is 0.251 e. The first-order valence-electron chi connectivity index (χ1n) is 13.3. The van der Waals surface area contributed by atoms with E-state index in [2.05, 4.69) is 39.4 Å². The topological polar surface area (TPSA) is 73.0 Å². The first kappa shape index (κ1) is 26.8. The Bertz CT molecular complexity index is 1090. The van der Waals surface area contributed by atoms with Crippen molar-refractivity contribution in [2.75, 3.05) is 45.0 Å². The fraction of sp³-hybridized carbons (Fsp3) is 0.536. The highest BCUT2D eigenvalue weighted by molar-refractivity contribution is 7.89. The van der Waals surface area contributed by atoms with Crippen LogP contribution in [0.3, 0.4) is 0 Å². The van der Waals surface area contributed by atoms with E-state index in [1.54, 1.807) is 11.2 Å². The summed E-state index contributed by atoms with van der Waals surface area (Å²) in [6.07, 6.45) is 5.25. The van der Waals surface area contributed by atoms with Gasteiger partial charge in [0.25, 0.3) is 5.91 Å². The molecule has 4 rings (SSSR count). The van der Waals surface area contributed by atoms with Crippen molar-refractivity contribution in [1.82, 2.24) is 19.4 Å². The van der Waals surface area contributed by atoms with E-state index in [0.29, 0.717) is 25.2 Å². The van der Waals surface area contributed by atoms with Crippen LogP contribution in [-0.4, -0.2) is 73.5 Å². The molecular formula is C28H40N4O3S. The molecule has 2 aromatic rings. The Morgan fingerprint density at radius 1 is 0.778 bits per heavy atom. The number of likely N-dealkylation sites (tertiary alicyclic amines) is 1. The summed E-state index contributed by atoms with van der Waals surface area (Å²) in [6.45, 7) is 8.80. The molecule has 0 radical (unpaired) electrons. The summed E-state index contributed by atoms with van der Waals surface area (Å²) in [5.74, 6) is 0.0819. The van der Waals surface area contributed by atoms with Gasteiger partial charge in [-0.05, 0) is 61.7 Å². The predicted octanol–water partition coefficient (Wildman–Crippen LogP) is 3.46. The second kappa shape index (κ2) is 12.8. The smallest absolute Gasteiger partial charge is 0.251 e. The fourth-order valence-corrected chi connectivity index (χ4v) is 6.13. The van der Waals surface area contributed by atoms with Crippen LogP contribution in [-0.2, 0) is 29.7 Å². The molecule has 1 N–H and O–H groups in total. The van der Waals surface area contributed by atoms with E-state index in [-0.39, 0.29) is 11.7 Å². The molecule has 2 aliphatic heterocycles. The van der Waals surface area contributed by atoms with Crippen LogP contribution in [0.1, 0.15) is 59.7 Å². The zero-order valence-electron chi connectivity index (χ0n) is 21.5. The molecule has 1 amide bonds. The van der Waals surface area contributed by atoms with E-state index < -0.39 is 10.0 Å². The summed E-state index contributed by atoms with van der Waals surface area (Å²) in [5.41, 5.74) is 4.20. The van der Waals surface area contributed by atoms with E-state index >= 15 is 0 Å². The third kappa shape index (κ3) is 7.62. The molecule has 7 nitrogen and oxygen atoms in total. The zero-order chi connectivity index (χ0) is 25.4. The first-order chi connectivity index (χ1) is 17.4. The minimum atomic E-state index is -3.11. The van der Waals surface area contributed by atoms with Crippen molar-refractivity contribution in [1.29, 1.82) is 0 Å². The minimum Gasteiger partial charge on any atom is -0.348 e. The van der Waals surface area contributed by atoms with Crippen LogP contribution in [0.25, 0.3) is 0 Å². The summed E-state index contributed by atoms with van der Waals surface area (Å²) in [7, 11) is -3.11. The second-order valence-corrected chi connectivity index (χ2v) is 12.2. The zero-order valence-corrected chi connectivity index (χ0v) is 22.3. The van der Waals surface area contributed by atoms with Gasteiger partial charge < -0.3 is 5.32 Å². The number of carbonyl (C=O) groups excluding carboxylic acids is 1. The average molecular weight is 513 g/mol. The number of sulfonamides is 1. The number of carbonyl (C=O) groups is 1. The summed E-state index contributed by atoms with van der Waals surface area (Å²) in [6, 6.07) is 16.3. The standard InChI is InChI=1S/C28H40N4O3S/c1-2-36(34,35)32-18-16-31(17-19-32)22-24-10-12-27(13-11-24)28(33)29-21-25-8-7-9-26(20-25)23-30-14-5-3-4-6-15-30/h7-13,20H,2-6,14-19,21-23H2,1H3,(H,29,33). The van der Waals surface area contributed by atoms with Crippen molar-refractivity contribution in [2.24, 2.45) is 0 Å². The second-order valence-electron chi connectivity index (χ2n) is 9.97. The van der Waals surface area contributed by atoms with Crippen LogP contribution in [0.4, 0.5) is 0 Å². The van der Waals surface area contributed by atoms with Gasteiger partial charge in [-0.15, -0.1) is 0 Å². The molecule has 0 bridgehead atoms. The van der Waals surface area contributed by atoms with Crippen molar-refractivity contribution in [3.05, 3.63) is 70.8 Å². The number of hydrogen-bond acceptors (Lipinski definition) is 5. The van der Waals surface area contributed by atoms with Crippen molar-refractivity contribution in [2.45, 2.75) is 52.2 Å². The predicted molar refractivity (Wildman–Crippen MR) is 144 cm³/mol. The van der Waals surface area contributed by atoms with Crippen LogP contribution in [0, 0.1) is 0 Å². The monoisotopic (exact) mass is 512 g/mol. The van der Waals surface area contributed by atoms with Gasteiger partial charge in [-0.1, -0.05) is 49.2 Å². The largest absolute Gasteiger partial charge is 0.348 e. The van der Waals surface area contributed by atoms with Crippen molar-refractivity contribution >= 4 is 15.9 Å². The third-order valence-corrected chi connectivity index (χ3v) is 9.14. The molecular weight excluding hydrogens is 472 g/mol. The Kier molecular flexibility index (Phi) is 9.53. The highest BCUT2D eigenvalue weighted by Gasteiger charge is 2.25. The summed E-state index contributed by atoms with van der Waals surface area (Å²) < 4.78 is 25.7. The Hall–Kier alpha value is -2.26. The molecule has 0 spiro atoms. The Labute approximate surface area is 216 Å². The molecule has 0 atom stereocenters. The first-order valence-corrected chi connectivity index (χ1v) is 14.9. The van der Waals surface area contributed by atoms with Gasteiger partial charge >= 0.3 is 0 Å². The van der Waals surface area contributed by atoms with E-state index in [4.69, 9.17) is 0 Å². The molecule has 2 heterocycles. The highest BCUT2D eigenvalue weighted by Crippen LogP contribution is 2.15. The molecule has 36 heavy (non-hydrogen) atoms. The van der Waals surface area contributed by atoms with Gasteiger partial charge in [-0.25, -0.2) is 8.42 Å². The fourth-order valence-electron chi connectivity index (χ4n) is 5.04. The van der Waals surface area contributed by atoms with Crippen LogP contribution in [0.2, 0.25) is 0 Å². The summed E-state index contributed by atoms with van der Waals surface area (Å²) in [4.78, 5) is 17.5. The molecule has 2 saturated heterocycles. The molecule has 8 heteroatoms. The van der Waals surface area contributed by atoms with Gasteiger partial charge in [0.15, 0.2) is 0 Å². The molecule has 2 aliphatic rings. The number of nitrogens with zero attached hydrogens (tertiary/aromatic N) is 3. The van der Waals surface area contributed by atoms with E-state index in [1.807, 2.05) is 24.3 Å². The Morgan fingerprint density at radius 3 is 2.06 bits per heavy atom. The number of amides is 1. The van der Waals surface area contributed by atoms with Crippen LogP contribution >= 0.6 is 0 Å². The Morgan fingerprint density at radius 2 is 1.39 bits per heavy atom. The van der Waals surface area contributed by atoms with E-state index in [0.717, 1.165) is 37.3 Å². The van der Waals surface area contributed by atoms with Gasteiger partial charge in [0.2, 0.25) is 10.0 Å². The van der Waals surface area contributed by atoms with Gasteiger partial charge in [0.1, 0.15) is 0 Å². The minimum absolute atomic E-state index is 0.0714. The van der Waals surface area contributed by atoms with Crippen LogP contribution in [0.15, 0.2) is 48.5 Å². The lowest BCUT2D eigenvalue weighted by atomic mass is 10.1. The molecule has 0 aliphatic carbocycles. The Balaban J connectivity index is 1.24. The molecule has 0 saturated carbocycles. The maximum absolute atomic E-state index is 12.7. The lowest BCUT2D eigenvalue weighted by Gasteiger charge is -2.33. The van der Waals surface area contributed by atoms with Gasteiger partial charge in [-0.2, -0.15) is 4.31 Å². The highest BCUT2D eigenvalue weighted by atomic mass is 32.2. The number of hydrogen-bond donors (Lipinski definition) is 1. The lowest BCUT2D eigenvalue weighted by Crippen LogP contribution is -2.48. The van der Waals surface area contributed by atoms with Gasteiger partial charge in [-0.3, -0.25) is 14.6 Å². The van der Waals surface area contributed by atoms with Crippen molar-refractivity contribution < 1.29 is 13.2 Å². The van der Waals surface area contributed by atoms with Crippen LogP contribution < -0.4 is 5.32 Å². The SMILES string of the molecule is CCS(=O)(=O)N1CCN(Cc2ccc(C(=O)NCc3cccc(CN4CCCCCC4)c3)cc2)CC1. The van der Waals surface area contributed by atoms with Gasteiger partial charge in [0, 0.05) is 51.4 Å². The number of nitrogens with one attached hydrogen (secondary N) is 1. The molecule has 196 valence electrons.